The number of anilines is 1. The molecule has 38 heavy (non-hydrogen) atoms. The summed E-state index contributed by atoms with van der Waals surface area (Å²) in [6.45, 7) is 2.18. The molecule has 1 amide bonds. The molecule has 11 heteroatoms. The zero-order valence-corrected chi connectivity index (χ0v) is 21.4. The van der Waals surface area contributed by atoms with E-state index >= 15 is 0 Å². The third-order valence-corrected chi connectivity index (χ3v) is 7.01. The van der Waals surface area contributed by atoms with Gasteiger partial charge in [0.1, 0.15) is 5.82 Å². The van der Waals surface area contributed by atoms with E-state index in [0.717, 1.165) is 25.7 Å². The highest BCUT2D eigenvalue weighted by Crippen LogP contribution is 2.36. The van der Waals surface area contributed by atoms with E-state index in [1.165, 1.54) is 23.5 Å². The first-order valence-electron chi connectivity index (χ1n) is 12.7. The van der Waals surface area contributed by atoms with Gasteiger partial charge in [0.25, 0.3) is 0 Å². The molecule has 2 N–H and O–H groups in total. The molecule has 0 atom stereocenters. The van der Waals surface area contributed by atoms with Crippen molar-refractivity contribution in [1.29, 1.82) is 5.26 Å². The molecule has 1 saturated carbocycles. The SMILES string of the molecule is CN(C#N)c1nccc(-c2[nH]c(C3OCC(C)(C(=O)NC4CCCCC4)CO3)nc2-c2ccc(F)cc2)n1. The molecule has 5 rings (SSSR count). The van der Waals surface area contributed by atoms with Crippen LogP contribution in [-0.4, -0.2) is 52.1 Å². The van der Waals surface area contributed by atoms with Crippen LogP contribution >= 0.6 is 0 Å². The normalized spacial score (nSPS) is 22.0. The number of rotatable bonds is 6. The second-order valence-electron chi connectivity index (χ2n) is 10.1. The van der Waals surface area contributed by atoms with Crippen molar-refractivity contribution in [2.45, 2.75) is 51.4 Å². The van der Waals surface area contributed by atoms with Gasteiger partial charge in [-0.3, -0.25) is 9.69 Å². The Morgan fingerprint density at radius 1 is 1.16 bits per heavy atom. The monoisotopic (exact) mass is 519 g/mol. The van der Waals surface area contributed by atoms with Crippen molar-refractivity contribution in [3.8, 4) is 28.8 Å². The Hall–Kier alpha value is -3.88. The summed E-state index contributed by atoms with van der Waals surface area (Å²) in [6.07, 6.45) is 8.18. The van der Waals surface area contributed by atoms with Gasteiger partial charge in [-0.2, -0.15) is 5.26 Å². The Morgan fingerprint density at radius 2 is 1.87 bits per heavy atom. The number of amides is 1. The van der Waals surface area contributed by atoms with E-state index in [2.05, 4.69) is 20.3 Å². The summed E-state index contributed by atoms with van der Waals surface area (Å²) in [6, 6.07) is 7.84. The molecule has 3 heterocycles. The lowest BCUT2D eigenvalue weighted by molar-refractivity contribution is -0.231. The van der Waals surface area contributed by atoms with Crippen LogP contribution in [0.4, 0.5) is 10.3 Å². The van der Waals surface area contributed by atoms with E-state index in [1.54, 1.807) is 31.4 Å². The van der Waals surface area contributed by atoms with Gasteiger partial charge in [0.15, 0.2) is 12.0 Å². The van der Waals surface area contributed by atoms with Crippen molar-refractivity contribution in [3.63, 3.8) is 0 Å². The third kappa shape index (κ3) is 5.37. The van der Waals surface area contributed by atoms with Gasteiger partial charge < -0.3 is 19.8 Å². The number of nitriles is 1. The standard InChI is InChI=1S/C27H30FN7O3/c1-27(25(36)31-19-6-4-3-5-7-19)14-37-24(38-15-27)23-33-21(17-8-10-18(28)11-9-17)22(34-23)20-12-13-30-26(32-20)35(2)16-29/h8-13,19,24H,3-7,14-15H2,1-2H3,(H,31,36)(H,33,34). The third-order valence-electron chi connectivity index (χ3n) is 7.01. The number of benzene rings is 1. The number of nitrogens with one attached hydrogen (secondary N) is 2. The second kappa shape index (κ2) is 10.8. The number of carbonyl (C=O) groups is 1. The Morgan fingerprint density at radius 3 is 2.55 bits per heavy atom. The van der Waals surface area contributed by atoms with Gasteiger partial charge >= 0.3 is 0 Å². The molecule has 0 radical (unpaired) electrons. The van der Waals surface area contributed by atoms with Gasteiger partial charge in [0.05, 0.1) is 35.7 Å². The fourth-order valence-corrected chi connectivity index (χ4v) is 4.70. The number of nitrogens with zero attached hydrogens (tertiary/aromatic N) is 5. The quantitative estimate of drug-likeness (QED) is 0.368. The minimum atomic E-state index is -0.832. The minimum Gasteiger partial charge on any atom is -0.353 e. The average molecular weight is 520 g/mol. The molecule has 198 valence electrons. The van der Waals surface area contributed by atoms with Gasteiger partial charge in [0, 0.05) is 24.8 Å². The first kappa shape index (κ1) is 25.8. The fourth-order valence-electron chi connectivity index (χ4n) is 4.70. The number of halogens is 1. The molecule has 0 bridgehead atoms. The lowest BCUT2D eigenvalue weighted by atomic mass is 9.89. The zero-order chi connectivity index (χ0) is 26.7. The minimum absolute atomic E-state index is 0.0647. The molecule has 1 aromatic carbocycles. The Balaban J connectivity index is 1.39. The number of carbonyl (C=O) groups excluding carboxylic acids is 1. The zero-order valence-electron chi connectivity index (χ0n) is 21.4. The fraction of sp³-hybridized carbons (Fsp3) is 0.444. The maximum atomic E-state index is 13.6. The van der Waals surface area contributed by atoms with Gasteiger partial charge in [-0.15, -0.1) is 0 Å². The summed E-state index contributed by atoms with van der Waals surface area (Å²) in [5.41, 5.74) is 1.39. The highest BCUT2D eigenvalue weighted by molar-refractivity contribution is 5.83. The van der Waals surface area contributed by atoms with Crippen molar-refractivity contribution >= 4 is 11.9 Å². The van der Waals surface area contributed by atoms with Crippen molar-refractivity contribution in [1.82, 2.24) is 25.3 Å². The molecule has 0 unspecified atom stereocenters. The number of aromatic nitrogens is 4. The molecule has 1 aliphatic heterocycles. The Kier molecular flexibility index (Phi) is 7.35. The smallest absolute Gasteiger partial charge is 0.239 e. The number of hydrogen-bond donors (Lipinski definition) is 2. The molecule has 2 aliphatic rings. The van der Waals surface area contributed by atoms with E-state index < -0.39 is 11.7 Å². The first-order chi connectivity index (χ1) is 18.4. The molecule has 0 spiro atoms. The predicted octanol–water partition coefficient (Wildman–Crippen LogP) is 4.09. The van der Waals surface area contributed by atoms with Crippen molar-refractivity contribution in [3.05, 3.63) is 48.2 Å². The van der Waals surface area contributed by atoms with E-state index in [9.17, 15) is 14.4 Å². The van der Waals surface area contributed by atoms with Crippen LogP contribution in [0.15, 0.2) is 36.5 Å². The van der Waals surface area contributed by atoms with E-state index in [0.29, 0.717) is 28.5 Å². The van der Waals surface area contributed by atoms with E-state index in [4.69, 9.17) is 14.5 Å². The molecule has 3 aromatic rings. The van der Waals surface area contributed by atoms with Crippen LogP contribution in [-0.2, 0) is 14.3 Å². The highest BCUT2D eigenvalue weighted by Gasteiger charge is 2.41. The molecular formula is C27H30FN7O3. The van der Waals surface area contributed by atoms with Crippen LogP contribution < -0.4 is 10.2 Å². The molecule has 1 saturated heterocycles. The maximum absolute atomic E-state index is 13.6. The molecule has 2 aromatic heterocycles. The van der Waals surface area contributed by atoms with Gasteiger partial charge in [-0.1, -0.05) is 19.3 Å². The van der Waals surface area contributed by atoms with E-state index in [1.807, 2.05) is 13.1 Å². The van der Waals surface area contributed by atoms with Crippen molar-refractivity contribution < 1.29 is 18.7 Å². The van der Waals surface area contributed by atoms with Gasteiger partial charge in [-0.25, -0.2) is 19.3 Å². The Labute approximate surface area is 220 Å². The number of H-pyrrole nitrogens is 1. The first-order valence-corrected chi connectivity index (χ1v) is 12.7. The number of aromatic amines is 1. The van der Waals surface area contributed by atoms with Gasteiger partial charge in [0.2, 0.25) is 18.1 Å². The highest BCUT2D eigenvalue weighted by atomic mass is 19.1. The average Bonchev–Trinajstić information content (AvgIpc) is 3.39. The summed E-state index contributed by atoms with van der Waals surface area (Å²) in [5.74, 6) is 0.180. The van der Waals surface area contributed by atoms with Gasteiger partial charge in [-0.05, 0) is 50.1 Å². The summed E-state index contributed by atoms with van der Waals surface area (Å²) in [4.78, 5) is 30.9. The Bertz CT molecular complexity index is 1320. The number of ether oxygens (including phenoxy) is 2. The lowest BCUT2D eigenvalue weighted by Gasteiger charge is -2.37. The van der Waals surface area contributed by atoms with Crippen molar-refractivity contribution in [2.75, 3.05) is 25.2 Å². The molecule has 2 fully saturated rings. The summed E-state index contributed by atoms with van der Waals surface area (Å²) in [7, 11) is 1.56. The molecule has 10 nitrogen and oxygen atoms in total. The number of imidazole rings is 1. The molecule has 1 aliphatic carbocycles. The maximum Gasteiger partial charge on any atom is 0.239 e. The summed E-state index contributed by atoms with van der Waals surface area (Å²) >= 11 is 0. The predicted molar refractivity (Wildman–Crippen MR) is 137 cm³/mol. The van der Waals surface area contributed by atoms with E-state index in [-0.39, 0.29) is 36.9 Å². The number of hydrogen-bond acceptors (Lipinski definition) is 8. The topological polar surface area (TPSA) is 129 Å². The van der Waals surface area contributed by atoms with Crippen LogP contribution in [0.1, 0.15) is 51.1 Å². The molecular weight excluding hydrogens is 489 g/mol. The van der Waals surface area contributed by atoms with Crippen molar-refractivity contribution in [2.24, 2.45) is 5.41 Å². The summed E-state index contributed by atoms with van der Waals surface area (Å²) < 4.78 is 25.6. The van der Waals surface area contributed by atoms with Crippen LogP contribution in [0.25, 0.3) is 22.6 Å². The van der Waals surface area contributed by atoms with Crippen LogP contribution in [0.3, 0.4) is 0 Å². The van der Waals surface area contributed by atoms with Crippen LogP contribution in [0.5, 0.6) is 0 Å². The largest absolute Gasteiger partial charge is 0.353 e. The second-order valence-corrected chi connectivity index (χ2v) is 10.1. The lowest BCUT2D eigenvalue weighted by Crippen LogP contribution is -2.51. The summed E-state index contributed by atoms with van der Waals surface area (Å²) in [5, 5.41) is 12.4. The van der Waals surface area contributed by atoms with Crippen LogP contribution in [0.2, 0.25) is 0 Å². The van der Waals surface area contributed by atoms with Crippen LogP contribution in [0, 0.1) is 22.7 Å².